The van der Waals surface area contributed by atoms with Crippen LogP contribution in [0.3, 0.4) is 0 Å². The normalized spacial score (nSPS) is 15.4. The Morgan fingerprint density at radius 1 is 1.08 bits per heavy atom. The third-order valence-electron chi connectivity index (χ3n) is 4.64. The predicted octanol–water partition coefficient (Wildman–Crippen LogP) is 2.94. The molecule has 0 unspecified atom stereocenters. The van der Waals surface area contributed by atoms with Gasteiger partial charge in [-0.1, -0.05) is 30.3 Å². The van der Waals surface area contributed by atoms with Crippen LogP contribution < -0.4 is 0 Å². The molecule has 126 valence electrons. The van der Waals surface area contributed by atoms with Gasteiger partial charge < -0.3 is 15.0 Å². The van der Waals surface area contributed by atoms with E-state index in [-0.39, 0.29) is 11.8 Å². The van der Waals surface area contributed by atoms with E-state index in [0.717, 1.165) is 17.0 Å². The van der Waals surface area contributed by atoms with Gasteiger partial charge in [0.2, 0.25) is 5.91 Å². The Bertz CT molecular complexity index is 700. The highest BCUT2D eigenvalue weighted by Crippen LogP contribution is 2.20. The van der Waals surface area contributed by atoms with Gasteiger partial charge in [-0.05, 0) is 37.0 Å². The van der Waals surface area contributed by atoms with Crippen molar-refractivity contribution in [2.24, 2.45) is 5.92 Å². The number of carboxylic acid groups (broad SMARTS) is 1. The van der Waals surface area contributed by atoms with Crippen molar-refractivity contribution in [2.45, 2.75) is 25.7 Å². The molecule has 2 heterocycles. The second kappa shape index (κ2) is 7.34. The van der Waals surface area contributed by atoms with E-state index in [1.165, 1.54) is 0 Å². The molecule has 1 aromatic carbocycles. The van der Waals surface area contributed by atoms with E-state index >= 15 is 0 Å². The van der Waals surface area contributed by atoms with Crippen LogP contribution in [0.2, 0.25) is 0 Å². The summed E-state index contributed by atoms with van der Waals surface area (Å²) in [7, 11) is 0. The average Bonchev–Trinajstić information content (AvgIpc) is 3.09. The summed E-state index contributed by atoms with van der Waals surface area (Å²) < 4.78 is 0. The van der Waals surface area contributed by atoms with Gasteiger partial charge in [0.15, 0.2) is 0 Å². The summed E-state index contributed by atoms with van der Waals surface area (Å²) >= 11 is 0. The van der Waals surface area contributed by atoms with E-state index in [0.29, 0.717) is 38.8 Å². The number of rotatable bonds is 5. The molecule has 2 N–H and O–H groups in total. The van der Waals surface area contributed by atoms with E-state index in [1.54, 1.807) is 4.90 Å². The number of aromatic amines is 1. The first-order chi connectivity index (χ1) is 11.6. The number of carboxylic acids is 1. The van der Waals surface area contributed by atoms with Crippen molar-refractivity contribution in [3.63, 3.8) is 0 Å². The summed E-state index contributed by atoms with van der Waals surface area (Å²) in [5, 5.41) is 9.00. The number of nitrogens with zero attached hydrogens (tertiary/aromatic N) is 1. The second-order valence-corrected chi connectivity index (χ2v) is 6.26. The van der Waals surface area contributed by atoms with Crippen LogP contribution in [0.25, 0.3) is 11.3 Å². The summed E-state index contributed by atoms with van der Waals surface area (Å²) in [5.41, 5.74) is 3.23. The maximum absolute atomic E-state index is 12.3. The summed E-state index contributed by atoms with van der Waals surface area (Å²) in [5.74, 6) is -0.942. The lowest BCUT2D eigenvalue weighted by Crippen LogP contribution is -2.40. The largest absolute Gasteiger partial charge is 0.481 e. The summed E-state index contributed by atoms with van der Waals surface area (Å²) in [6.07, 6.45) is 2.24. The predicted molar refractivity (Wildman–Crippen MR) is 91.5 cm³/mol. The first-order valence-electron chi connectivity index (χ1n) is 8.37. The Hall–Kier alpha value is -2.56. The zero-order chi connectivity index (χ0) is 16.9. The number of carbonyl (C=O) groups is 2. The second-order valence-electron chi connectivity index (χ2n) is 6.26. The van der Waals surface area contributed by atoms with Crippen molar-refractivity contribution < 1.29 is 14.7 Å². The van der Waals surface area contributed by atoms with E-state index in [9.17, 15) is 9.59 Å². The van der Waals surface area contributed by atoms with E-state index in [4.69, 9.17) is 5.11 Å². The number of amides is 1. The van der Waals surface area contributed by atoms with Crippen molar-refractivity contribution >= 4 is 11.9 Å². The molecule has 5 nitrogen and oxygen atoms in total. The number of carbonyl (C=O) groups excluding carboxylic acids is 1. The number of hydrogen-bond acceptors (Lipinski definition) is 2. The van der Waals surface area contributed by atoms with Gasteiger partial charge in [-0.15, -0.1) is 0 Å². The van der Waals surface area contributed by atoms with E-state index in [2.05, 4.69) is 4.98 Å². The van der Waals surface area contributed by atoms with Crippen molar-refractivity contribution in [3.8, 4) is 11.3 Å². The smallest absolute Gasteiger partial charge is 0.306 e. The minimum absolute atomic E-state index is 0.106. The van der Waals surface area contributed by atoms with E-state index in [1.807, 2.05) is 42.5 Å². The number of aryl methyl sites for hydroxylation is 1. The van der Waals surface area contributed by atoms with Crippen molar-refractivity contribution in [2.75, 3.05) is 13.1 Å². The summed E-state index contributed by atoms with van der Waals surface area (Å²) in [4.78, 5) is 28.4. The Morgan fingerprint density at radius 2 is 1.79 bits per heavy atom. The molecular formula is C19H22N2O3. The molecule has 0 bridgehead atoms. The Balaban J connectivity index is 1.50. The number of piperidine rings is 1. The number of likely N-dealkylation sites (tertiary alicyclic amines) is 1. The Morgan fingerprint density at radius 3 is 2.46 bits per heavy atom. The molecular weight excluding hydrogens is 304 g/mol. The van der Waals surface area contributed by atoms with Crippen LogP contribution in [0.1, 0.15) is 25.0 Å². The fourth-order valence-electron chi connectivity index (χ4n) is 3.15. The zero-order valence-electron chi connectivity index (χ0n) is 13.6. The molecule has 1 fully saturated rings. The highest BCUT2D eigenvalue weighted by atomic mass is 16.4. The lowest BCUT2D eigenvalue weighted by molar-refractivity contribution is -0.145. The Kier molecular flexibility index (Phi) is 4.99. The minimum atomic E-state index is -0.748. The number of nitrogens with one attached hydrogen (secondary N) is 1. The standard InChI is InChI=1S/C19H22N2O3/c22-18(21-12-10-15(11-13-21)19(23)24)9-7-16-6-8-17(20-16)14-4-2-1-3-5-14/h1-6,8,15,20H,7,9-13H2,(H,23,24). The molecule has 0 spiro atoms. The van der Waals surface area contributed by atoms with Gasteiger partial charge >= 0.3 is 5.97 Å². The average molecular weight is 326 g/mol. The third-order valence-corrected chi connectivity index (χ3v) is 4.64. The fourth-order valence-corrected chi connectivity index (χ4v) is 3.15. The van der Waals surface area contributed by atoms with Crippen molar-refractivity contribution in [3.05, 3.63) is 48.2 Å². The Labute approximate surface area is 141 Å². The third kappa shape index (κ3) is 3.85. The van der Waals surface area contributed by atoms with Gasteiger partial charge in [-0.25, -0.2) is 0 Å². The number of H-pyrrole nitrogens is 1. The molecule has 24 heavy (non-hydrogen) atoms. The van der Waals surface area contributed by atoms with Crippen LogP contribution >= 0.6 is 0 Å². The SMILES string of the molecule is O=C(O)C1CCN(C(=O)CCc2ccc(-c3ccccc3)[nH]2)CC1. The quantitative estimate of drug-likeness (QED) is 0.887. The van der Waals surface area contributed by atoms with Crippen molar-refractivity contribution in [1.29, 1.82) is 0 Å². The van der Waals surface area contributed by atoms with Crippen LogP contribution in [0, 0.1) is 5.92 Å². The molecule has 1 saturated heterocycles. The highest BCUT2D eigenvalue weighted by Gasteiger charge is 2.26. The molecule has 1 amide bonds. The summed E-state index contributed by atoms with van der Waals surface area (Å²) in [6, 6.07) is 14.1. The molecule has 1 aliphatic heterocycles. The van der Waals surface area contributed by atoms with E-state index < -0.39 is 5.97 Å². The highest BCUT2D eigenvalue weighted by molar-refractivity contribution is 5.77. The topological polar surface area (TPSA) is 73.4 Å². The van der Waals surface area contributed by atoms with Gasteiger partial charge in [0, 0.05) is 30.9 Å². The lowest BCUT2D eigenvalue weighted by Gasteiger charge is -2.30. The van der Waals surface area contributed by atoms with Gasteiger partial charge in [-0.2, -0.15) is 0 Å². The molecule has 1 aromatic heterocycles. The van der Waals surface area contributed by atoms with Crippen LogP contribution in [0.5, 0.6) is 0 Å². The maximum Gasteiger partial charge on any atom is 0.306 e. The first-order valence-corrected chi connectivity index (χ1v) is 8.37. The zero-order valence-corrected chi connectivity index (χ0v) is 13.6. The summed E-state index contributed by atoms with van der Waals surface area (Å²) in [6.45, 7) is 1.10. The number of hydrogen-bond donors (Lipinski definition) is 2. The molecule has 5 heteroatoms. The van der Waals surface area contributed by atoms with Crippen LogP contribution in [0.15, 0.2) is 42.5 Å². The van der Waals surface area contributed by atoms with Crippen molar-refractivity contribution in [1.82, 2.24) is 9.88 Å². The minimum Gasteiger partial charge on any atom is -0.481 e. The monoisotopic (exact) mass is 326 g/mol. The molecule has 3 rings (SSSR count). The lowest BCUT2D eigenvalue weighted by atomic mass is 9.97. The molecule has 0 radical (unpaired) electrons. The van der Waals surface area contributed by atoms with Gasteiger partial charge in [0.25, 0.3) is 0 Å². The first kappa shape index (κ1) is 16.3. The maximum atomic E-state index is 12.3. The van der Waals surface area contributed by atoms with Gasteiger partial charge in [0.1, 0.15) is 0 Å². The molecule has 0 aliphatic carbocycles. The number of benzene rings is 1. The molecule has 2 aromatic rings. The molecule has 1 aliphatic rings. The van der Waals surface area contributed by atoms with Crippen LogP contribution in [0.4, 0.5) is 0 Å². The number of aromatic nitrogens is 1. The van der Waals surface area contributed by atoms with Crippen LogP contribution in [-0.4, -0.2) is 40.0 Å². The van der Waals surface area contributed by atoms with Gasteiger partial charge in [-0.3, -0.25) is 9.59 Å². The molecule has 0 atom stereocenters. The number of aliphatic carboxylic acids is 1. The fraction of sp³-hybridized carbons (Fsp3) is 0.368. The molecule has 0 saturated carbocycles. The van der Waals surface area contributed by atoms with Crippen LogP contribution in [-0.2, 0) is 16.0 Å². The van der Waals surface area contributed by atoms with Gasteiger partial charge in [0.05, 0.1) is 5.92 Å².